The number of piperidine rings is 1. The number of nitrogens with zero attached hydrogens (tertiary/aromatic N) is 1. The van der Waals surface area contributed by atoms with Gasteiger partial charge in [-0.15, -0.1) is 0 Å². The molecular formula is C23H27N3O3. The lowest BCUT2D eigenvalue weighted by molar-refractivity contribution is -0.132. The minimum atomic E-state index is -0.118. The summed E-state index contributed by atoms with van der Waals surface area (Å²) in [5.41, 5.74) is 1.28. The Bertz CT molecular complexity index is 816. The van der Waals surface area contributed by atoms with Crippen molar-refractivity contribution in [1.29, 1.82) is 0 Å². The maximum atomic E-state index is 12.4. The number of benzene rings is 2. The Kier molecular flexibility index (Phi) is 7.39. The minimum absolute atomic E-state index is 0.0652. The Balaban J connectivity index is 1.32. The number of nitrogens with one attached hydrogen (secondary N) is 2. The smallest absolute Gasteiger partial charge is 0.251 e. The van der Waals surface area contributed by atoms with Crippen LogP contribution in [0.5, 0.6) is 0 Å². The van der Waals surface area contributed by atoms with Gasteiger partial charge in [0.1, 0.15) is 0 Å². The van der Waals surface area contributed by atoms with Crippen LogP contribution in [0.15, 0.2) is 60.7 Å². The molecule has 0 bridgehead atoms. The Morgan fingerprint density at radius 1 is 0.828 bits per heavy atom. The van der Waals surface area contributed by atoms with Crippen LogP contribution in [0.4, 0.5) is 0 Å². The Hall–Kier alpha value is -3.15. The Morgan fingerprint density at radius 3 is 1.97 bits per heavy atom. The van der Waals surface area contributed by atoms with Crippen LogP contribution >= 0.6 is 0 Å². The predicted molar refractivity (Wildman–Crippen MR) is 112 cm³/mol. The number of amides is 3. The lowest BCUT2D eigenvalue weighted by atomic mass is 10.0. The molecule has 6 nitrogen and oxygen atoms in total. The Labute approximate surface area is 171 Å². The fraction of sp³-hybridized carbons (Fsp3) is 0.348. The largest absolute Gasteiger partial charge is 0.352 e. The lowest BCUT2D eigenvalue weighted by Gasteiger charge is -2.32. The summed E-state index contributed by atoms with van der Waals surface area (Å²) in [6.07, 6.45) is 2.54. The molecule has 0 spiro atoms. The van der Waals surface area contributed by atoms with E-state index in [1.54, 1.807) is 24.3 Å². The quantitative estimate of drug-likeness (QED) is 0.710. The first-order chi connectivity index (χ1) is 14.1. The van der Waals surface area contributed by atoms with Crippen LogP contribution in [0.3, 0.4) is 0 Å². The topological polar surface area (TPSA) is 78.5 Å². The van der Waals surface area contributed by atoms with Gasteiger partial charge < -0.3 is 15.5 Å². The molecule has 0 aromatic heterocycles. The maximum Gasteiger partial charge on any atom is 0.251 e. The van der Waals surface area contributed by atoms with Gasteiger partial charge in [0.15, 0.2) is 0 Å². The molecule has 2 aromatic carbocycles. The third-order valence-electron chi connectivity index (χ3n) is 5.11. The molecule has 0 saturated carbocycles. The summed E-state index contributed by atoms with van der Waals surface area (Å²) in [4.78, 5) is 38.5. The summed E-state index contributed by atoms with van der Waals surface area (Å²) in [7, 11) is 0. The van der Waals surface area contributed by atoms with Crippen LogP contribution in [0, 0.1) is 0 Å². The van der Waals surface area contributed by atoms with Crippen LogP contribution in [0.1, 0.15) is 46.4 Å². The van der Waals surface area contributed by atoms with Crippen LogP contribution in [-0.2, 0) is 4.79 Å². The first kappa shape index (κ1) is 20.6. The van der Waals surface area contributed by atoms with Gasteiger partial charge in [0, 0.05) is 43.2 Å². The number of carbonyl (C=O) groups is 3. The average Bonchev–Trinajstić information content (AvgIpc) is 2.78. The molecular weight excluding hydrogens is 366 g/mol. The zero-order valence-electron chi connectivity index (χ0n) is 16.5. The molecule has 1 saturated heterocycles. The molecule has 2 aromatic rings. The van der Waals surface area contributed by atoms with Crippen molar-refractivity contribution < 1.29 is 14.4 Å². The molecule has 0 atom stereocenters. The van der Waals surface area contributed by atoms with Crippen LogP contribution in [0.2, 0.25) is 0 Å². The van der Waals surface area contributed by atoms with Crippen molar-refractivity contribution in [1.82, 2.24) is 15.5 Å². The normalized spacial score (nSPS) is 14.3. The molecule has 0 radical (unpaired) electrons. The first-order valence-corrected chi connectivity index (χ1v) is 10.1. The maximum absolute atomic E-state index is 12.4. The van der Waals surface area contributed by atoms with Crippen molar-refractivity contribution in [2.45, 2.75) is 31.7 Å². The van der Waals surface area contributed by atoms with Crippen molar-refractivity contribution >= 4 is 17.7 Å². The standard InChI is InChI=1S/C23H27N3O3/c27-21(12-7-15-24-22(28)18-8-3-1-4-9-18)26-16-13-20(14-17-26)25-23(29)19-10-5-2-6-11-19/h1-6,8-11,20H,7,12-17H2,(H,24,28)(H,25,29). The third kappa shape index (κ3) is 6.17. The van der Waals surface area contributed by atoms with Crippen molar-refractivity contribution in [3.05, 3.63) is 71.8 Å². The molecule has 1 heterocycles. The van der Waals surface area contributed by atoms with E-state index >= 15 is 0 Å². The van der Waals surface area contributed by atoms with Gasteiger partial charge in [0.25, 0.3) is 11.8 Å². The van der Waals surface area contributed by atoms with E-state index < -0.39 is 0 Å². The highest BCUT2D eigenvalue weighted by Crippen LogP contribution is 2.13. The van der Waals surface area contributed by atoms with Gasteiger partial charge in [-0.1, -0.05) is 36.4 Å². The number of rotatable bonds is 7. The van der Waals surface area contributed by atoms with Gasteiger partial charge in [0.2, 0.25) is 5.91 Å². The van der Waals surface area contributed by atoms with Crippen LogP contribution in [0.25, 0.3) is 0 Å². The Morgan fingerprint density at radius 2 is 1.38 bits per heavy atom. The summed E-state index contributed by atoms with van der Waals surface area (Å²) >= 11 is 0. The monoisotopic (exact) mass is 393 g/mol. The van der Waals surface area contributed by atoms with Gasteiger partial charge >= 0.3 is 0 Å². The highest BCUT2D eigenvalue weighted by molar-refractivity contribution is 5.94. The summed E-state index contributed by atoms with van der Waals surface area (Å²) < 4.78 is 0. The molecule has 1 aliphatic rings. The zero-order valence-corrected chi connectivity index (χ0v) is 16.5. The summed E-state index contributed by atoms with van der Waals surface area (Å²) in [6.45, 7) is 1.77. The van der Waals surface area contributed by atoms with Crippen LogP contribution < -0.4 is 10.6 Å². The van der Waals surface area contributed by atoms with Gasteiger partial charge in [-0.2, -0.15) is 0 Å². The molecule has 152 valence electrons. The van der Waals surface area contributed by atoms with E-state index in [1.165, 1.54) is 0 Å². The number of hydrogen-bond acceptors (Lipinski definition) is 3. The lowest BCUT2D eigenvalue weighted by Crippen LogP contribution is -2.46. The molecule has 0 aliphatic carbocycles. The van der Waals surface area contributed by atoms with E-state index in [4.69, 9.17) is 0 Å². The van der Waals surface area contributed by atoms with Gasteiger partial charge in [-0.25, -0.2) is 0 Å². The van der Waals surface area contributed by atoms with Crippen LogP contribution in [-0.4, -0.2) is 48.3 Å². The third-order valence-corrected chi connectivity index (χ3v) is 5.11. The fourth-order valence-corrected chi connectivity index (χ4v) is 3.42. The molecule has 29 heavy (non-hydrogen) atoms. The number of carbonyl (C=O) groups excluding carboxylic acids is 3. The molecule has 1 aliphatic heterocycles. The SMILES string of the molecule is O=C(NCCCC(=O)N1CCC(NC(=O)c2ccccc2)CC1)c1ccccc1. The highest BCUT2D eigenvalue weighted by Gasteiger charge is 2.23. The summed E-state index contributed by atoms with van der Waals surface area (Å²) in [5.74, 6) is -0.0793. The van der Waals surface area contributed by atoms with Crippen molar-refractivity contribution in [3.63, 3.8) is 0 Å². The zero-order chi connectivity index (χ0) is 20.5. The van der Waals surface area contributed by atoms with Gasteiger partial charge in [0.05, 0.1) is 0 Å². The molecule has 3 amide bonds. The fourth-order valence-electron chi connectivity index (χ4n) is 3.42. The summed E-state index contributed by atoms with van der Waals surface area (Å²) in [6, 6.07) is 18.3. The molecule has 6 heteroatoms. The number of hydrogen-bond donors (Lipinski definition) is 2. The molecule has 3 rings (SSSR count). The molecule has 2 N–H and O–H groups in total. The van der Waals surface area contributed by atoms with Crippen molar-refractivity contribution in [2.24, 2.45) is 0 Å². The van der Waals surface area contributed by atoms with E-state index in [2.05, 4.69) is 10.6 Å². The second-order valence-electron chi connectivity index (χ2n) is 7.22. The predicted octanol–water partition coefficient (Wildman–Crippen LogP) is 2.62. The summed E-state index contributed by atoms with van der Waals surface area (Å²) in [5, 5.41) is 5.89. The van der Waals surface area contributed by atoms with E-state index in [0.717, 1.165) is 12.8 Å². The van der Waals surface area contributed by atoms with Gasteiger partial charge in [-0.05, 0) is 43.5 Å². The second kappa shape index (κ2) is 10.4. The first-order valence-electron chi connectivity index (χ1n) is 10.1. The average molecular weight is 393 g/mol. The minimum Gasteiger partial charge on any atom is -0.352 e. The van der Waals surface area contributed by atoms with Crippen molar-refractivity contribution in [2.75, 3.05) is 19.6 Å². The van der Waals surface area contributed by atoms with Gasteiger partial charge in [-0.3, -0.25) is 14.4 Å². The van der Waals surface area contributed by atoms with Crippen molar-refractivity contribution in [3.8, 4) is 0 Å². The molecule has 1 fully saturated rings. The second-order valence-corrected chi connectivity index (χ2v) is 7.22. The van der Waals surface area contributed by atoms with E-state index in [1.807, 2.05) is 41.3 Å². The number of likely N-dealkylation sites (tertiary alicyclic amines) is 1. The highest BCUT2D eigenvalue weighted by atomic mass is 16.2. The molecule has 0 unspecified atom stereocenters. The van der Waals surface area contributed by atoms with E-state index in [0.29, 0.717) is 43.6 Å². The van der Waals surface area contributed by atoms with E-state index in [9.17, 15) is 14.4 Å². The van der Waals surface area contributed by atoms with E-state index in [-0.39, 0.29) is 23.8 Å².